The van der Waals surface area contributed by atoms with E-state index in [4.69, 9.17) is 4.74 Å². The Morgan fingerprint density at radius 2 is 2.11 bits per heavy atom. The highest BCUT2D eigenvalue weighted by Crippen LogP contribution is 2.36. The lowest BCUT2D eigenvalue weighted by Gasteiger charge is -2.27. The quantitative estimate of drug-likeness (QED) is 0.574. The average Bonchev–Trinajstić information content (AvgIpc) is 3.33. The van der Waals surface area contributed by atoms with Gasteiger partial charge in [0.25, 0.3) is 0 Å². The van der Waals surface area contributed by atoms with Gasteiger partial charge in [-0.1, -0.05) is 15.9 Å². The first kappa shape index (κ1) is 19.1. The minimum Gasteiger partial charge on any atom is -0.444 e. The molecule has 1 saturated heterocycles. The molecule has 1 unspecified atom stereocenters. The number of carbonyl (C=O) groups is 1. The van der Waals surface area contributed by atoms with Crippen molar-refractivity contribution in [3.05, 3.63) is 40.9 Å². The molecule has 1 aromatic carbocycles. The number of rotatable bonds is 2. The van der Waals surface area contributed by atoms with Crippen LogP contribution in [0.5, 0.6) is 0 Å². The minimum atomic E-state index is -0.506. The molecule has 1 fully saturated rings. The van der Waals surface area contributed by atoms with Crippen LogP contribution in [0.1, 0.15) is 45.5 Å². The second-order valence-electron chi connectivity index (χ2n) is 8.30. The first-order valence-corrected chi connectivity index (χ1v) is 10.3. The van der Waals surface area contributed by atoms with E-state index >= 15 is 0 Å². The number of hydrogen-bond acceptors (Lipinski definition) is 3. The molecule has 1 aliphatic rings. The van der Waals surface area contributed by atoms with E-state index in [0.29, 0.717) is 6.54 Å². The summed E-state index contributed by atoms with van der Waals surface area (Å²) in [6, 6.07) is 6.16. The van der Waals surface area contributed by atoms with Gasteiger partial charge >= 0.3 is 6.09 Å². The van der Waals surface area contributed by atoms with Gasteiger partial charge in [-0.05, 0) is 51.8 Å². The number of likely N-dealkylation sites (tertiary alicyclic amines) is 1. The minimum absolute atomic E-state index is 0.0806. The summed E-state index contributed by atoms with van der Waals surface area (Å²) in [5.41, 5.74) is 2.67. The van der Waals surface area contributed by atoms with Gasteiger partial charge in [-0.15, -0.1) is 0 Å². The third-order valence-corrected chi connectivity index (χ3v) is 5.75. The van der Waals surface area contributed by atoms with Crippen molar-refractivity contribution in [3.63, 3.8) is 0 Å². The van der Waals surface area contributed by atoms with Crippen LogP contribution in [-0.4, -0.2) is 37.7 Å². The molecule has 148 valence electrons. The van der Waals surface area contributed by atoms with Crippen molar-refractivity contribution < 1.29 is 9.53 Å². The summed E-state index contributed by atoms with van der Waals surface area (Å²) >= 11 is 3.63. The molecule has 1 amide bonds. The number of aromatic amines is 1. The standard InChI is InChI=1S/C21H25BrN4O2/c1-21(2,3)28-20(27)26-10-5-6-17(26)19-23-12-16(24-19)14-7-8-15(22)13-9-11-25(4)18(13)14/h7-9,11-12,17H,5-6,10H2,1-4H3,(H,23,24). The number of benzene rings is 1. The molecule has 0 spiro atoms. The van der Waals surface area contributed by atoms with Crippen molar-refractivity contribution in [2.24, 2.45) is 7.05 Å². The number of amides is 1. The Morgan fingerprint density at radius 1 is 1.32 bits per heavy atom. The van der Waals surface area contributed by atoms with Gasteiger partial charge in [0.15, 0.2) is 0 Å². The molecule has 7 heteroatoms. The predicted octanol–water partition coefficient (Wildman–Crippen LogP) is 5.40. The second-order valence-corrected chi connectivity index (χ2v) is 9.15. The van der Waals surface area contributed by atoms with Gasteiger partial charge < -0.3 is 14.3 Å². The molecule has 6 nitrogen and oxygen atoms in total. The van der Waals surface area contributed by atoms with Crippen molar-refractivity contribution in [1.82, 2.24) is 19.4 Å². The zero-order chi connectivity index (χ0) is 20.1. The zero-order valence-corrected chi connectivity index (χ0v) is 18.2. The lowest BCUT2D eigenvalue weighted by molar-refractivity contribution is 0.0219. The summed E-state index contributed by atoms with van der Waals surface area (Å²) < 4.78 is 8.76. The summed E-state index contributed by atoms with van der Waals surface area (Å²) in [4.78, 5) is 22.5. The number of fused-ring (bicyclic) bond motifs is 1. The third-order valence-electron chi connectivity index (χ3n) is 5.06. The summed E-state index contributed by atoms with van der Waals surface area (Å²) in [6.45, 7) is 6.36. The van der Waals surface area contributed by atoms with E-state index in [-0.39, 0.29) is 12.1 Å². The number of aryl methyl sites for hydroxylation is 1. The van der Waals surface area contributed by atoms with Crippen LogP contribution in [0.3, 0.4) is 0 Å². The van der Waals surface area contributed by atoms with Crippen LogP contribution in [0.4, 0.5) is 4.79 Å². The zero-order valence-electron chi connectivity index (χ0n) is 16.6. The molecular weight excluding hydrogens is 420 g/mol. The lowest BCUT2D eigenvalue weighted by atomic mass is 10.1. The van der Waals surface area contributed by atoms with Crippen molar-refractivity contribution in [3.8, 4) is 11.3 Å². The number of imidazole rings is 1. The van der Waals surface area contributed by atoms with Crippen molar-refractivity contribution in [1.29, 1.82) is 0 Å². The number of halogens is 1. The summed E-state index contributed by atoms with van der Waals surface area (Å²) in [7, 11) is 2.04. The van der Waals surface area contributed by atoms with Crippen molar-refractivity contribution >= 4 is 32.9 Å². The molecule has 1 atom stereocenters. The highest BCUT2D eigenvalue weighted by molar-refractivity contribution is 9.10. The molecule has 0 radical (unpaired) electrons. The predicted molar refractivity (Wildman–Crippen MR) is 113 cm³/mol. The smallest absolute Gasteiger partial charge is 0.410 e. The fourth-order valence-corrected chi connectivity index (χ4v) is 4.29. The second kappa shape index (κ2) is 6.95. The number of nitrogens with zero attached hydrogens (tertiary/aromatic N) is 3. The Bertz CT molecular complexity index is 1030. The number of ether oxygens (including phenoxy) is 1. The Labute approximate surface area is 173 Å². The van der Waals surface area contributed by atoms with Crippen LogP contribution in [0.25, 0.3) is 22.2 Å². The largest absolute Gasteiger partial charge is 0.444 e. The fourth-order valence-electron chi connectivity index (χ4n) is 3.83. The van der Waals surface area contributed by atoms with E-state index in [2.05, 4.69) is 54.9 Å². The molecule has 0 bridgehead atoms. The average molecular weight is 445 g/mol. The van der Waals surface area contributed by atoms with Gasteiger partial charge in [-0.2, -0.15) is 0 Å². The molecule has 1 N–H and O–H groups in total. The number of nitrogens with one attached hydrogen (secondary N) is 1. The number of H-pyrrole nitrogens is 1. The molecule has 4 rings (SSSR count). The normalized spacial score (nSPS) is 17.5. The number of aromatic nitrogens is 3. The van der Waals surface area contributed by atoms with Gasteiger partial charge in [0.2, 0.25) is 0 Å². The first-order valence-electron chi connectivity index (χ1n) is 9.53. The molecule has 0 aliphatic carbocycles. The monoisotopic (exact) mass is 444 g/mol. The van der Waals surface area contributed by atoms with Crippen LogP contribution < -0.4 is 0 Å². The van der Waals surface area contributed by atoms with E-state index in [9.17, 15) is 4.79 Å². The highest BCUT2D eigenvalue weighted by atomic mass is 79.9. The lowest BCUT2D eigenvalue weighted by Crippen LogP contribution is -2.36. The maximum atomic E-state index is 12.6. The van der Waals surface area contributed by atoms with Crippen LogP contribution in [0.15, 0.2) is 35.1 Å². The van der Waals surface area contributed by atoms with E-state index in [1.165, 1.54) is 0 Å². The molecule has 3 heterocycles. The molecular formula is C21H25BrN4O2. The summed E-state index contributed by atoms with van der Waals surface area (Å²) in [6.07, 6.45) is 5.46. The topological polar surface area (TPSA) is 63.1 Å². The number of hydrogen-bond donors (Lipinski definition) is 1. The van der Waals surface area contributed by atoms with Crippen molar-refractivity contribution in [2.45, 2.75) is 45.3 Å². The highest BCUT2D eigenvalue weighted by Gasteiger charge is 2.34. The van der Waals surface area contributed by atoms with Gasteiger partial charge in [0.05, 0.1) is 23.4 Å². The van der Waals surface area contributed by atoms with E-state index < -0.39 is 5.60 Å². The van der Waals surface area contributed by atoms with Gasteiger partial charge in [0.1, 0.15) is 11.4 Å². The van der Waals surface area contributed by atoms with Crippen LogP contribution >= 0.6 is 15.9 Å². The van der Waals surface area contributed by atoms with Gasteiger partial charge in [-0.25, -0.2) is 9.78 Å². The fraction of sp³-hybridized carbons (Fsp3) is 0.429. The van der Waals surface area contributed by atoms with Crippen LogP contribution in [0, 0.1) is 0 Å². The Kier molecular flexibility index (Phi) is 4.73. The van der Waals surface area contributed by atoms with Crippen LogP contribution in [0.2, 0.25) is 0 Å². The molecule has 3 aromatic rings. The summed E-state index contributed by atoms with van der Waals surface area (Å²) in [5.74, 6) is 0.809. The Morgan fingerprint density at radius 3 is 2.86 bits per heavy atom. The summed E-state index contributed by atoms with van der Waals surface area (Å²) in [5, 5.41) is 1.16. The SMILES string of the molecule is Cn1ccc2c(Br)ccc(-c3cnc(C4CCCN4C(=O)OC(C)(C)C)[nH]3)c21. The van der Waals surface area contributed by atoms with Gasteiger partial charge in [0, 0.05) is 35.2 Å². The van der Waals surface area contributed by atoms with E-state index in [0.717, 1.165) is 45.3 Å². The van der Waals surface area contributed by atoms with Gasteiger partial charge in [-0.3, -0.25) is 4.90 Å². The third kappa shape index (κ3) is 3.43. The maximum Gasteiger partial charge on any atom is 0.410 e. The molecule has 28 heavy (non-hydrogen) atoms. The Balaban J connectivity index is 1.66. The molecule has 0 saturated carbocycles. The molecule has 1 aliphatic heterocycles. The van der Waals surface area contributed by atoms with E-state index in [1.54, 1.807) is 4.90 Å². The van der Waals surface area contributed by atoms with Crippen LogP contribution in [-0.2, 0) is 11.8 Å². The number of carbonyl (C=O) groups excluding carboxylic acids is 1. The van der Waals surface area contributed by atoms with E-state index in [1.807, 2.05) is 34.0 Å². The van der Waals surface area contributed by atoms with Crippen molar-refractivity contribution in [2.75, 3.05) is 6.54 Å². The maximum absolute atomic E-state index is 12.6. The first-order chi connectivity index (χ1) is 13.2. The molecule has 2 aromatic heterocycles. The Hall–Kier alpha value is -2.28.